The van der Waals surface area contributed by atoms with Gasteiger partial charge in [-0.05, 0) is 43.8 Å². The number of carbonyl (C=O) groups is 1. The van der Waals surface area contributed by atoms with Gasteiger partial charge in [0.15, 0.2) is 0 Å². The number of amides is 1. The van der Waals surface area contributed by atoms with Crippen molar-refractivity contribution < 1.29 is 4.79 Å². The number of thiophene rings is 1. The Morgan fingerprint density at radius 1 is 1.58 bits per heavy atom. The molecule has 2 rings (SSSR count). The van der Waals surface area contributed by atoms with Gasteiger partial charge in [-0.25, -0.2) is 0 Å². The second-order valence-corrected chi connectivity index (χ2v) is 6.37. The largest absolute Gasteiger partial charge is 0.369 e. The third-order valence-corrected chi connectivity index (χ3v) is 4.19. The molecule has 3 N–H and O–H groups in total. The summed E-state index contributed by atoms with van der Waals surface area (Å²) in [6.07, 6.45) is 1.88. The third-order valence-electron chi connectivity index (χ3n) is 3.34. The van der Waals surface area contributed by atoms with E-state index >= 15 is 0 Å². The van der Waals surface area contributed by atoms with Crippen molar-refractivity contribution in [1.82, 2.24) is 10.3 Å². The first-order valence-corrected chi connectivity index (χ1v) is 7.14. The number of primary amides is 1. The van der Waals surface area contributed by atoms with Crippen LogP contribution < -0.4 is 11.1 Å². The van der Waals surface area contributed by atoms with Crippen molar-refractivity contribution in [1.29, 1.82) is 0 Å². The maximum Gasteiger partial charge on any atom is 0.224 e. The number of carbonyl (C=O) groups excluding carboxylic acids is 1. The van der Waals surface area contributed by atoms with Gasteiger partial charge in [-0.1, -0.05) is 0 Å². The highest BCUT2D eigenvalue weighted by molar-refractivity contribution is 7.17. The lowest BCUT2D eigenvalue weighted by Gasteiger charge is -2.24. The number of aromatic nitrogens is 1. The number of rotatable bonds is 5. The van der Waals surface area contributed by atoms with Crippen molar-refractivity contribution in [3.63, 3.8) is 0 Å². The van der Waals surface area contributed by atoms with Crippen LogP contribution in [-0.4, -0.2) is 17.4 Å². The topological polar surface area (TPSA) is 68.0 Å². The molecule has 102 valence electrons. The van der Waals surface area contributed by atoms with Crippen LogP contribution in [0.25, 0.3) is 10.2 Å². The minimum absolute atomic E-state index is 0.137. The number of hydrogen-bond acceptors (Lipinski definition) is 4. The van der Waals surface area contributed by atoms with Crippen molar-refractivity contribution in [2.24, 2.45) is 11.1 Å². The molecule has 0 saturated heterocycles. The summed E-state index contributed by atoms with van der Waals surface area (Å²) in [5, 5.41) is 5.38. The molecule has 2 aromatic rings. The predicted molar refractivity (Wildman–Crippen MR) is 79.0 cm³/mol. The Kier molecular flexibility index (Phi) is 3.87. The molecule has 1 unspecified atom stereocenters. The van der Waals surface area contributed by atoms with Crippen molar-refractivity contribution in [3.8, 4) is 0 Å². The van der Waals surface area contributed by atoms with E-state index in [0.29, 0.717) is 6.54 Å². The molecule has 5 heteroatoms. The summed E-state index contributed by atoms with van der Waals surface area (Å²) in [6.45, 7) is 6.30. The van der Waals surface area contributed by atoms with Crippen LogP contribution in [0, 0.1) is 5.41 Å². The molecule has 0 aliphatic carbocycles. The lowest BCUT2D eigenvalue weighted by atomic mass is 9.92. The zero-order valence-corrected chi connectivity index (χ0v) is 12.3. The maximum absolute atomic E-state index is 11.3. The minimum atomic E-state index is -0.547. The summed E-state index contributed by atoms with van der Waals surface area (Å²) >= 11 is 1.68. The van der Waals surface area contributed by atoms with Gasteiger partial charge in [0.05, 0.1) is 15.6 Å². The zero-order valence-electron chi connectivity index (χ0n) is 11.4. The van der Waals surface area contributed by atoms with Crippen LogP contribution in [0.15, 0.2) is 23.7 Å². The summed E-state index contributed by atoms with van der Waals surface area (Å²) in [7, 11) is 0. The van der Waals surface area contributed by atoms with E-state index in [1.165, 1.54) is 4.70 Å². The number of hydrogen-bond donors (Lipinski definition) is 2. The summed E-state index contributed by atoms with van der Waals surface area (Å²) < 4.78 is 1.18. The summed E-state index contributed by atoms with van der Waals surface area (Å²) in [5.74, 6) is -0.293. The van der Waals surface area contributed by atoms with E-state index in [1.54, 1.807) is 11.3 Å². The second-order valence-electron chi connectivity index (χ2n) is 5.42. The molecule has 19 heavy (non-hydrogen) atoms. The van der Waals surface area contributed by atoms with Gasteiger partial charge in [0, 0.05) is 18.8 Å². The molecule has 0 aliphatic rings. The van der Waals surface area contributed by atoms with Crippen molar-refractivity contribution in [2.45, 2.75) is 26.8 Å². The van der Waals surface area contributed by atoms with Gasteiger partial charge in [0.1, 0.15) is 0 Å². The standard InChI is InChI=1S/C14H19N3OS/c1-9(17-8-14(2,3)13(15)18)10-6-12-11(16-7-10)4-5-19-12/h4-7,9,17H,8H2,1-3H3,(H2,15,18). The van der Waals surface area contributed by atoms with Crippen LogP contribution in [-0.2, 0) is 4.79 Å². The van der Waals surface area contributed by atoms with Crippen LogP contribution >= 0.6 is 11.3 Å². The molecular formula is C14H19N3OS. The number of nitrogens with two attached hydrogens (primary N) is 1. The minimum Gasteiger partial charge on any atom is -0.369 e. The van der Waals surface area contributed by atoms with Crippen molar-refractivity contribution >= 4 is 27.5 Å². The first kappa shape index (κ1) is 14.0. The molecule has 0 bridgehead atoms. The van der Waals surface area contributed by atoms with E-state index in [2.05, 4.69) is 23.3 Å². The quantitative estimate of drug-likeness (QED) is 0.882. The van der Waals surface area contributed by atoms with Gasteiger partial charge >= 0.3 is 0 Å². The van der Waals surface area contributed by atoms with E-state index < -0.39 is 5.41 Å². The highest BCUT2D eigenvalue weighted by atomic mass is 32.1. The van der Waals surface area contributed by atoms with Crippen LogP contribution in [0.1, 0.15) is 32.4 Å². The SMILES string of the molecule is CC(NCC(C)(C)C(N)=O)c1cnc2ccsc2c1. The maximum atomic E-state index is 11.3. The number of nitrogens with one attached hydrogen (secondary N) is 1. The highest BCUT2D eigenvalue weighted by Crippen LogP contribution is 2.23. The van der Waals surface area contributed by atoms with Gasteiger partial charge in [-0.2, -0.15) is 0 Å². The Labute approximate surface area is 117 Å². The summed E-state index contributed by atoms with van der Waals surface area (Å²) in [4.78, 5) is 15.7. The Hall–Kier alpha value is -1.46. The molecule has 0 fully saturated rings. The van der Waals surface area contributed by atoms with Gasteiger partial charge in [-0.3, -0.25) is 9.78 Å². The highest BCUT2D eigenvalue weighted by Gasteiger charge is 2.25. The van der Waals surface area contributed by atoms with E-state index in [1.807, 2.05) is 31.5 Å². The number of nitrogens with zero attached hydrogens (tertiary/aromatic N) is 1. The monoisotopic (exact) mass is 277 g/mol. The summed E-state index contributed by atoms with van der Waals surface area (Å²) in [5.41, 5.74) is 6.97. The molecule has 0 spiro atoms. The normalized spacial score (nSPS) is 13.6. The Morgan fingerprint density at radius 3 is 3.00 bits per heavy atom. The van der Waals surface area contributed by atoms with E-state index in [0.717, 1.165) is 11.1 Å². The molecule has 2 heterocycles. The number of fused-ring (bicyclic) bond motifs is 1. The first-order chi connectivity index (χ1) is 8.90. The van der Waals surface area contributed by atoms with Gasteiger partial charge in [0.25, 0.3) is 0 Å². The molecule has 1 amide bonds. The van der Waals surface area contributed by atoms with Gasteiger partial charge in [-0.15, -0.1) is 11.3 Å². The molecular weight excluding hydrogens is 258 g/mol. The lowest BCUT2D eigenvalue weighted by Crippen LogP contribution is -2.41. The lowest BCUT2D eigenvalue weighted by molar-refractivity contribution is -0.125. The van der Waals surface area contributed by atoms with Crippen LogP contribution in [0.4, 0.5) is 0 Å². The fourth-order valence-corrected chi connectivity index (χ4v) is 2.50. The molecule has 1 atom stereocenters. The van der Waals surface area contributed by atoms with E-state index in [9.17, 15) is 4.79 Å². The zero-order chi connectivity index (χ0) is 14.0. The molecule has 0 aliphatic heterocycles. The average molecular weight is 277 g/mol. The second kappa shape index (κ2) is 5.27. The molecule has 0 saturated carbocycles. The molecule has 2 aromatic heterocycles. The first-order valence-electron chi connectivity index (χ1n) is 6.26. The fraction of sp³-hybridized carbons (Fsp3) is 0.429. The molecule has 0 radical (unpaired) electrons. The van der Waals surface area contributed by atoms with Crippen LogP contribution in [0.2, 0.25) is 0 Å². The number of pyridine rings is 1. The third kappa shape index (κ3) is 3.11. The van der Waals surface area contributed by atoms with Crippen LogP contribution in [0.5, 0.6) is 0 Å². The van der Waals surface area contributed by atoms with Crippen LogP contribution in [0.3, 0.4) is 0 Å². The Bertz CT molecular complexity index is 591. The molecule has 4 nitrogen and oxygen atoms in total. The predicted octanol–water partition coefficient (Wildman–Crippen LogP) is 2.46. The van der Waals surface area contributed by atoms with Crippen molar-refractivity contribution in [2.75, 3.05) is 6.54 Å². The Balaban J connectivity index is 2.07. The van der Waals surface area contributed by atoms with E-state index in [-0.39, 0.29) is 11.9 Å². The smallest absolute Gasteiger partial charge is 0.224 e. The Morgan fingerprint density at radius 2 is 2.32 bits per heavy atom. The van der Waals surface area contributed by atoms with Gasteiger partial charge in [0.2, 0.25) is 5.91 Å². The van der Waals surface area contributed by atoms with Crippen molar-refractivity contribution in [3.05, 3.63) is 29.3 Å². The fourth-order valence-electron chi connectivity index (χ4n) is 1.71. The summed E-state index contributed by atoms with van der Waals surface area (Å²) in [6, 6.07) is 4.29. The molecule has 0 aromatic carbocycles. The average Bonchev–Trinajstić information content (AvgIpc) is 2.82. The van der Waals surface area contributed by atoms with Gasteiger partial charge < -0.3 is 11.1 Å². The van der Waals surface area contributed by atoms with E-state index in [4.69, 9.17) is 5.73 Å².